The lowest BCUT2D eigenvalue weighted by molar-refractivity contribution is 0.473. The lowest BCUT2D eigenvalue weighted by Crippen LogP contribution is -2.06. The van der Waals surface area contributed by atoms with Crippen molar-refractivity contribution >= 4 is 128 Å². The van der Waals surface area contributed by atoms with Gasteiger partial charge in [0.15, 0.2) is 23.0 Å². The maximum Gasteiger partial charge on any atom is 0.219 e. The van der Waals surface area contributed by atoms with E-state index in [1.54, 1.807) is 12.2 Å². The second kappa shape index (κ2) is 20.7. The highest BCUT2D eigenvalue weighted by Crippen LogP contribution is 2.50. The van der Waals surface area contributed by atoms with Crippen LogP contribution in [0.25, 0.3) is 12.2 Å². The van der Waals surface area contributed by atoms with Crippen LogP contribution >= 0.6 is 92.8 Å². The molecule has 0 bridgehead atoms. The van der Waals surface area contributed by atoms with Crippen LogP contribution in [0.4, 0.5) is 11.4 Å². The maximum atomic E-state index is 9.88. The number of hydrogen-bond acceptors (Lipinski definition) is 6. The molecule has 6 aromatic rings. The first-order valence-electron chi connectivity index (χ1n) is 16.1. The van der Waals surface area contributed by atoms with Crippen molar-refractivity contribution in [3.05, 3.63) is 185 Å². The quantitative estimate of drug-likeness (QED) is 0.0905. The average Bonchev–Trinajstić information content (AvgIpc) is 3.23. The van der Waals surface area contributed by atoms with Gasteiger partial charge in [0.05, 0.1) is 11.4 Å². The largest absolute Gasteiger partial charge is 0.505 e. The van der Waals surface area contributed by atoms with E-state index in [1.165, 1.54) is 0 Å². The fourth-order valence-corrected chi connectivity index (χ4v) is 6.30. The van der Waals surface area contributed by atoms with E-state index in [4.69, 9.17) is 102 Å². The van der Waals surface area contributed by atoms with Crippen LogP contribution in [-0.2, 0) is 0 Å². The Balaban J connectivity index is 0.000000214. The Bertz CT molecular complexity index is 2180. The number of aliphatic imine (C=N–C) groups is 2. The van der Waals surface area contributed by atoms with E-state index in [0.29, 0.717) is 11.4 Å². The smallest absolute Gasteiger partial charge is 0.219 e. The molecule has 0 atom stereocenters. The van der Waals surface area contributed by atoms with E-state index in [9.17, 15) is 10.2 Å². The summed E-state index contributed by atoms with van der Waals surface area (Å²) in [6.45, 7) is 0. The molecule has 0 unspecified atom stereocenters. The van der Waals surface area contributed by atoms with Crippen molar-refractivity contribution in [3.63, 3.8) is 0 Å². The second-order valence-electron chi connectivity index (χ2n) is 11.1. The third-order valence-corrected chi connectivity index (χ3v) is 10.5. The summed E-state index contributed by atoms with van der Waals surface area (Å²) in [5.74, 6) is -0.403. The van der Waals surface area contributed by atoms with Crippen molar-refractivity contribution in [3.8, 4) is 23.0 Å². The molecule has 14 heteroatoms. The maximum absolute atomic E-state index is 9.88. The summed E-state index contributed by atoms with van der Waals surface area (Å²) in [4.78, 5) is 8.95. The number of rotatable bonds is 8. The monoisotopic (exact) mass is 902 g/mol. The predicted octanol–water partition coefficient (Wildman–Crippen LogP) is 15.7. The van der Waals surface area contributed by atoms with Crippen LogP contribution in [0, 0.1) is 0 Å². The minimum absolute atomic E-state index is 0.00326. The zero-order valence-corrected chi connectivity index (χ0v) is 34.5. The number of halogens is 8. The number of benzene rings is 6. The molecule has 0 saturated carbocycles. The number of phenolic OH excluding ortho intramolecular Hbond substituents is 2. The Morgan fingerprint density at radius 3 is 0.946 bits per heavy atom. The molecule has 6 nitrogen and oxygen atoms in total. The van der Waals surface area contributed by atoms with E-state index >= 15 is 0 Å². The molecule has 284 valence electrons. The fourth-order valence-electron chi connectivity index (χ4n) is 4.50. The summed E-state index contributed by atoms with van der Waals surface area (Å²) in [6, 6.07) is 37.7. The molecule has 0 amide bonds. The number of phenols is 2. The summed E-state index contributed by atoms with van der Waals surface area (Å²) in [5.41, 5.74) is 3.23. The fraction of sp³-hybridized carbons (Fsp3) is 0. The van der Waals surface area contributed by atoms with Gasteiger partial charge in [-0.3, -0.25) is 0 Å². The normalized spacial score (nSPS) is 11.8. The number of hydrogen-bond donors (Lipinski definition) is 2. The lowest BCUT2D eigenvalue weighted by atomic mass is 10.2. The first kappa shape index (κ1) is 42.8. The van der Waals surface area contributed by atoms with Crippen LogP contribution in [0.3, 0.4) is 0 Å². The SMILES string of the molecule is Oc1c(Cl)c(Cl)c(OC(/C=C/c2ccccc2)=Nc2ccccc2)c(Cl)c1Cl.Oc1c(Cl)c(Cl)c(OC(/C=C/c2ccccc2)=Nc2ccccc2)c(Cl)c1Cl. The molecule has 0 aliphatic heterocycles. The highest BCUT2D eigenvalue weighted by Gasteiger charge is 2.23. The van der Waals surface area contributed by atoms with Gasteiger partial charge in [0, 0.05) is 12.2 Å². The van der Waals surface area contributed by atoms with Gasteiger partial charge in [-0.15, -0.1) is 0 Å². The Morgan fingerprint density at radius 1 is 0.393 bits per heavy atom. The molecule has 0 saturated heterocycles. The highest BCUT2D eigenvalue weighted by atomic mass is 35.5. The van der Waals surface area contributed by atoms with E-state index in [0.717, 1.165) is 11.1 Å². The Labute approximate surface area is 363 Å². The molecule has 0 spiro atoms. The van der Waals surface area contributed by atoms with E-state index in [2.05, 4.69) is 9.98 Å². The molecular weight excluding hydrogens is 880 g/mol. The third-order valence-electron chi connectivity index (χ3n) is 7.24. The molecule has 6 aromatic carbocycles. The summed E-state index contributed by atoms with van der Waals surface area (Å²) in [5, 5.41) is 18.9. The van der Waals surface area contributed by atoms with Gasteiger partial charge in [0.25, 0.3) is 0 Å². The minimum Gasteiger partial charge on any atom is -0.505 e. The molecule has 56 heavy (non-hydrogen) atoms. The molecule has 6 rings (SSSR count). The topological polar surface area (TPSA) is 83.6 Å². The van der Waals surface area contributed by atoms with Gasteiger partial charge in [-0.05, 0) is 47.5 Å². The minimum atomic E-state index is -0.410. The Kier molecular flexibility index (Phi) is 15.8. The summed E-state index contributed by atoms with van der Waals surface area (Å²) < 4.78 is 11.7. The van der Waals surface area contributed by atoms with E-state index in [-0.39, 0.29) is 63.5 Å². The zero-order valence-electron chi connectivity index (χ0n) is 28.5. The van der Waals surface area contributed by atoms with Gasteiger partial charge in [-0.25, -0.2) is 9.98 Å². The number of aromatic hydroxyl groups is 2. The molecule has 0 aromatic heterocycles. The summed E-state index contributed by atoms with van der Waals surface area (Å²) in [7, 11) is 0. The van der Waals surface area contributed by atoms with Crippen LogP contribution in [-0.4, -0.2) is 22.0 Å². The zero-order chi connectivity index (χ0) is 40.2. The molecule has 0 radical (unpaired) electrons. The summed E-state index contributed by atoms with van der Waals surface area (Å²) >= 11 is 48.9. The Morgan fingerprint density at radius 2 is 0.661 bits per heavy atom. The van der Waals surface area contributed by atoms with Gasteiger partial charge in [0.2, 0.25) is 11.8 Å². The molecule has 0 heterocycles. The number of ether oxygens (including phenoxy) is 2. The third kappa shape index (κ3) is 11.4. The van der Waals surface area contributed by atoms with Crippen LogP contribution in [0.5, 0.6) is 23.0 Å². The van der Waals surface area contributed by atoms with Crippen LogP contribution in [0.2, 0.25) is 40.2 Å². The van der Waals surface area contributed by atoms with Crippen LogP contribution in [0.1, 0.15) is 11.1 Å². The molecular formula is C42H26Cl8N2O4. The summed E-state index contributed by atoms with van der Waals surface area (Å²) in [6.07, 6.45) is 6.99. The second-order valence-corrected chi connectivity index (χ2v) is 14.2. The van der Waals surface area contributed by atoms with Gasteiger partial charge < -0.3 is 19.7 Å². The first-order chi connectivity index (χ1) is 26.9. The first-order valence-corrected chi connectivity index (χ1v) is 19.2. The highest BCUT2D eigenvalue weighted by molar-refractivity contribution is 6.51. The van der Waals surface area contributed by atoms with Gasteiger partial charge in [-0.2, -0.15) is 0 Å². The van der Waals surface area contributed by atoms with Crippen molar-refractivity contribution in [1.82, 2.24) is 0 Å². The van der Waals surface area contributed by atoms with Crippen molar-refractivity contribution in [2.75, 3.05) is 0 Å². The van der Waals surface area contributed by atoms with Crippen molar-refractivity contribution in [1.29, 1.82) is 0 Å². The molecule has 2 N–H and O–H groups in total. The standard InChI is InChI=1S/2C21H13Cl4NO2/c2*22-16-18(24)21(19(25)17(23)20(16)27)28-15(26-14-9-5-2-6-10-14)12-11-13-7-3-1-4-8-13/h2*1-12,27H/b2*12-11+,26-15?. The molecule has 0 aliphatic carbocycles. The number of nitrogens with zero attached hydrogens (tertiary/aromatic N) is 2. The molecule has 0 aliphatic rings. The van der Waals surface area contributed by atoms with Crippen molar-refractivity contribution < 1.29 is 19.7 Å². The van der Waals surface area contributed by atoms with Crippen LogP contribution in [0.15, 0.2) is 143 Å². The average molecular weight is 906 g/mol. The van der Waals surface area contributed by atoms with E-state index in [1.807, 2.05) is 133 Å². The van der Waals surface area contributed by atoms with Gasteiger partial charge in [-0.1, -0.05) is 190 Å². The van der Waals surface area contributed by atoms with Gasteiger partial charge in [0.1, 0.15) is 40.2 Å². The van der Waals surface area contributed by atoms with Gasteiger partial charge >= 0.3 is 0 Å². The van der Waals surface area contributed by atoms with E-state index < -0.39 is 11.5 Å². The van der Waals surface area contributed by atoms with Crippen molar-refractivity contribution in [2.24, 2.45) is 9.98 Å². The predicted molar refractivity (Wildman–Crippen MR) is 236 cm³/mol. The Hall–Kier alpha value is -4.34. The molecule has 0 fully saturated rings. The number of para-hydroxylation sites is 2. The van der Waals surface area contributed by atoms with Crippen LogP contribution < -0.4 is 9.47 Å². The van der Waals surface area contributed by atoms with Crippen molar-refractivity contribution in [2.45, 2.75) is 0 Å². The lowest BCUT2D eigenvalue weighted by Gasteiger charge is -2.13.